The topological polar surface area (TPSA) is 70.2 Å². The van der Waals surface area contributed by atoms with Gasteiger partial charge in [-0.05, 0) is 79.7 Å². The summed E-state index contributed by atoms with van der Waals surface area (Å²) >= 11 is 0. The molecular formula is C20H33N3O2. The first kappa shape index (κ1) is 21.3. The Balaban J connectivity index is 2.70. The lowest BCUT2D eigenvalue weighted by Crippen LogP contribution is -2.48. The molecule has 2 unspecified atom stereocenters. The second-order valence-electron chi connectivity index (χ2n) is 8.66. The van der Waals surface area contributed by atoms with E-state index in [0.717, 1.165) is 0 Å². The number of anilines is 1. The van der Waals surface area contributed by atoms with Crippen LogP contribution in [0.25, 0.3) is 0 Å². The van der Waals surface area contributed by atoms with E-state index in [-0.39, 0.29) is 34.9 Å². The average Bonchev–Trinajstić information content (AvgIpc) is 2.43. The highest BCUT2D eigenvalue weighted by Crippen LogP contribution is 2.13. The summed E-state index contributed by atoms with van der Waals surface area (Å²) in [5, 5.41) is 9.37. The molecule has 5 nitrogen and oxygen atoms in total. The summed E-state index contributed by atoms with van der Waals surface area (Å²) in [6, 6.07) is 6.45. The molecule has 1 aromatic rings. The van der Waals surface area contributed by atoms with Gasteiger partial charge in [0.1, 0.15) is 0 Å². The third-order valence-corrected chi connectivity index (χ3v) is 3.52. The van der Waals surface area contributed by atoms with Gasteiger partial charge in [-0.1, -0.05) is 0 Å². The van der Waals surface area contributed by atoms with Crippen LogP contribution in [-0.2, 0) is 4.79 Å². The number of Topliss-reactive ketones (excluding diaryl/α,β-unsaturated/α-hetero) is 1. The van der Waals surface area contributed by atoms with Gasteiger partial charge in [0.05, 0.1) is 12.1 Å². The van der Waals surface area contributed by atoms with E-state index >= 15 is 0 Å². The maximum Gasteiger partial charge on any atom is 0.241 e. The van der Waals surface area contributed by atoms with Crippen LogP contribution < -0.4 is 16.0 Å². The van der Waals surface area contributed by atoms with Crippen LogP contribution in [0.1, 0.15) is 65.7 Å². The molecule has 25 heavy (non-hydrogen) atoms. The molecule has 0 spiro atoms. The van der Waals surface area contributed by atoms with Crippen LogP contribution in [0.4, 0.5) is 5.69 Å². The smallest absolute Gasteiger partial charge is 0.241 e. The summed E-state index contributed by atoms with van der Waals surface area (Å²) in [4.78, 5) is 24.7. The van der Waals surface area contributed by atoms with Crippen molar-refractivity contribution in [3.05, 3.63) is 29.8 Å². The molecule has 1 amide bonds. The highest BCUT2D eigenvalue weighted by atomic mass is 16.2. The van der Waals surface area contributed by atoms with Gasteiger partial charge in [-0.3, -0.25) is 9.59 Å². The number of carbonyl (C=O) groups is 2. The monoisotopic (exact) mass is 347 g/mol. The van der Waals surface area contributed by atoms with E-state index in [9.17, 15) is 9.59 Å². The molecule has 0 aliphatic carbocycles. The summed E-state index contributed by atoms with van der Waals surface area (Å²) in [5.41, 5.74) is 1.05. The van der Waals surface area contributed by atoms with Gasteiger partial charge in [-0.15, -0.1) is 0 Å². The Bertz CT molecular complexity index is 595. The minimum absolute atomic E-state index is 0.0376. The number of carbonyl (C=O) groups excluding carboxylic acids is 2. The normalized spacial score (nSPS) is 14.7. The van der Waals surface area contributed by atoms with Crippen LogP contribution in [0.3, 0.4) is 0 Å². The van der Waals surface area contributed by atoms with Crippen molar-refractivity contribution in [1.29, 1.82) is 0 Å². The minimum atomic E-state index is -0.308. The van der Waals surface area contributed by atoms with Gasteiger partial charge in [0.15, 0.2) is 5.78 Å². The van der Waals surface area contributed by atoms with Crippen molar-refractivity contribution >= 4 is 17.4 Å². The van der Waals surface area contributed by atoms with Gasteiger partial charge >= 0.3 is 0 Å². The fourth-order valence-electron chi connectivity index (χ4n) is 2.65. The molecule has 5 heteroatoms. The van der Waals surface area contributed by atoms with Crippen molar-refractivity contribution in [3.8, 4) is 0 Å². The molecule has 140 valence electrons. The molecule has 0 saturated heterocycles. The zero-order valence-electron chi connectivity index (χ0n) is 16.8. The van der Waals surface area contributed by atoms with Crippen LogP contribution in [0.15, 0.2) is 24.3 Å². The Morgan fingerprint density at radius 1 is 0.800 bits per heavy atom. The Kier molecular flexibility index (Phi) is 6.91. The lowest BCUT2D eigenvalue weighted by atomic mass is 10.0. The maximum atomic E-state index is 12.5. The Morgan fingerprint density at radius 2 is 1.24 bits per heavy atom. The van der Waals surface area contributed by atoms with Crippen molar-refractivity contribution in [3.63, 3.8) is 0 Å². The van der Waals surface area contributed by atoms with Crippen molar-refractivity contribution in [2.75, 3.05) is 5.32 Å². The van der Waals surface area contributed by atoms with Gasteiger partial charge in [-0.25, -0.2) is 0 Å². The lowest BCUT2D eigenvalue weighted by molar-refractivity contribution is -0.118. The molecule has 0 aliphatic rings. The standard InChI is InChI=1S/C20H33N3O2/c1-13(22-19(3,4)5)17(24)15-9-11-16(12-10-15)21-18(25)14(2)23-20(6,7)8/h9-14,22-23H,1-8H3,(H,21,25). The van der Waals surface area contributed by atoms with Gasteiger partial charge in [0.2, 0.25) is 5.91 Å². The number of hydrogen-bond acceptors (Lipinski definition) is 4. The minimum Gasteiger partial charge on any atom is -0.325 e. The molecule has 0 saturated carbocycles. The van der Waals surface area contributed by atoms with E-state index in [4.69, 9.17) is 0 Å². The molecule has 0 bridgehead atoms. The number of rotatable bonds is 6. The molecule has 1 rings (SSSR count). The van der Waals surface area contributed by atoms with Crippen LogP contribution in [-0.4, -0.2) is 34.9 Å². The SMILES string of the molecule is CC(NC(C)(C)C)C(=O)Nc1ccc(C(=O)C(C)NC(C)(C)C)cc1. The number of amides is 1. The Labute approximate surface area is 152 Å². The second kappa shape index (κ2) is 8.11. The van der Waals surface area contributed by atoms with Crippen molar-refractivity contribution < 1.29 is 9.59 Å². The summed E-state index contributed by atoms with van der Waals surface area (Å²) in [6.45, 7) is 15.8. The third kappa shape index (κ3) is 7.80. The average molecular weight is 348 g/mol. The van der Waals surface area contributed by atoms with Gasteiger partial charge in [0.25, 0.3) is 0 Å². The van der Waals surface area contributed by atoms with Crippen LogP contribution in [0.5, 0.6) is 0 Å². The number of nitrogens with one attached hydrogen (secondary N) is 3. The Morgan fingerprint density at radius 3 is 1.68 bits per heavy atom. The van der Waals surface area contributed by atoms with Crippen LogP contribution in [0, 0.1) is 0 Å². The molecule has 0 radical (unpaired) electrons. The van der Waals surface area contributed by atoms with E-state index in [2.05, 4.69) is 16.0 Å². The van der Waals surface area contributed by atoms with Crippen molar-refractivity contribution in [2.45, 2.75) is 78.6 Å². The largest absolute Gasteiger partial charge is 0.325 e. The number of hydrogen-bond donors (Lipinski definition) is 3. The fourth-order valence-corrected chi connectivity index (χ4v) is 2.65. The van der Waals surface area contributed by atoms with E-state index in [1.54, 1.807) is 24.3 Å². The highest BCUT2D eigenvalue weighted by molar-refractivity contribution is 6.01. The quantitative estimate of drug-likeness (QED) is 0.690. The molecule has 0 fully saturated rings. The molecule has 0 heterocycles. The first-order chi connectivity index (χ1) is 11.3. The lowest BCUT2D eigenvalue weighted by Gasteiger charge is -2.25. The maximum absolute atomic E-state index is 12.5. The molecule has 3 N–H and O–H groups in total. The van der Waals surface area contributed by atoms with Crippen molar-refractivity contribution in [1.82, 2.24) is 10.6 Å². The molecule has 0 aromatic heterocycles. The van der Waals surface area contributed by atoms with Gasteiger partial charge < -0.3 is 16.0 Å². The summed E-state index contributed by atoms with van der Waals surface area (Å²) in [5.74, 6) is -0.0627. The first-order valence-electron chi connectivity index (χ1n) is 8.79. The van der Waals surface area contributed by atoms with Crippen LogP contribution >= 0.6 is 0 Å². The summed E-state index contributed by atoms with van der Waals surface area (Å²) < 4.78 is 0. The fraction of sp³-hybridized carbons (Fsp3) is 0.600. The summed E-state index contributed by atoms with van der Waals surface area (Å²) in [6.07, 6.45) is 0. The predicted octanol–water partition coefficient (Wildman–Crippen LogP) is 3.36. The molecular weight excluding hydrogens is 314 g/mol. The van der Waals surface area contributed by atoms with Gasteiger partial charge in [0, 0.05) is 22.3 Å². The number of benzene rings is 1. The van der Waals surface area contributed by atoms with Gasteiger partial charge in [-0.2, -0.15) is 0 Å². The third-order valence-electron chi connectivity index (χ3n) is 3.52. The van der Waals surface area contributed by atoms with Crippen molar-refractivity contribution in [2.24, 2.45) is 0 Å². The van der Waals surface area contributed by atoms with E-state index in [0.29, 0.717) is 11.3 Å². The second-order valence-corrected chi connectivity index (χ2v) is 8.66. The first-order valence-corrected chi connectivity index (χ1v) is 8.79. The van der Waals surface area contributed by atoms with E-state index in [1.165, 1.54) is 0 Å². The highest BCUT2D eigenvalue weighted by Gasteiger charge is 2.21. The zero-order valence-corrected chi connectivity index (χ0v) is 16.8. The van der Waals surface area contributed by atoms with E-state index < -0.39 is 0 Å². The zero-order chi connectivity index (χ0) is 19.4. The molecule has 2 atom stereocenters. The van der Waals surface area contributed by atoms with Crippen LogP contribution in [0.2, 0.25) is 0 Å². The predicted molar refractivity (Wildman–Crippen MR) is 104 cm³/mol. The molecule has 1 aromatic carbocycles. The Hall–Kier alpha value is -1.72. The van der Waals surface area contributed by atoms with E-state index in [1.807, 2.05) is 55.4 Å². The summed E-state index contributed by atoms with van der Waals surface area (Å²) in [7, 11) is 0. The number of ketones is 1. The molecule has 0 aliphatic heterocycles.